The molecule has 4 N–H and O–H groups in total. The first-order valence-electron chi connectivity index (χ1n) is 8.79. The van der Waals surface area contributed by atoms with E-state index in [2.05, 4.69) is 19.0 Å². The summed E-state index contributed by atoms with van der Waals surface area (Å²) < 4.78 is 19.3. The Morgan fingerprint density at radius 2 is 1.76 bits per heavy atom. The lowest BCUT2D eigenvalue weighted by atomic mass is 10.1. The maximum atomic E-state index is 9.86. The molecule has 0 atom stereocenters. The van der Waals surface area contributed by atoms with E-state index in [9.17, 15) is 14.7 Å². The number of ether oxygens (including phenoxy) is 2. The molecule has 0 saturated carbocycles. The van der Waals surface area contributed by atoms with Gasteiger partial charge in [0, 0.05) is 37.3 Å². The molecular weight excluding hydrogens is 404 g/mol. The number of carbonyl (C=O) groups is 2. The van der Waals surface area contributed by atoms with Crippen molar-refractivity contribution in [3.05, 3.63) is 18.3 Å². The molecule has 12 heteroatoms. The Kier molecular flexibility index (Phi) is 10.5. The van der Waals surface area contributed by atoms with Gasteiger partial charge in [-0.15, -0.1) is 4.37 Å². The van der Waals surface area contributed by atoms with E-state index in [1.165, 1.54) is 0 Å². The highest BCUT2D eigenvalue weighted by Gasteiger charge is 2.21. The minimum atomic E-state index is -1.26. The number of hydrogen-bond donors (Lipinski definition) is 4. The Morgan fingerprint density at radius 1 is 1.17 bits per heavy atom. The summed E-state index contributed by atoms with van der Waals surface area (Å²) in [5.41, 5.74) is -0.0465. The van der Waals surface area contributed by atoms with Gasteiger partial charge in [0.15, 0.2) is 0 Å². The zero-order valence-corrected chi connectivity index (χ0v) is 17.4. The molecule has 2 rings (SSSR count). The van der Waals surface area contributed by atoms with E-state index in [1.54, 1.807) is 0 Å². The number of hydrogen-bond acceptors (Lipinski definition) is 10. The van der Waals surface area contributed by atoms with E-state index in [4.69, 9.17) is 19.7 Å². The van der Waals surface area contributed by atoms with Crippen molar-refractivity contribution in [3.63, 3.8) is 0 Å². The van der Waals surface area contributed by atoms with Gasteiger partial charge >= 0.3 is 11.9 Å². The van der Waals surface area contributed by atoms with Crippen LogP contribution in [0.3, 0.4) is 0 Å². The maximum Gasteiger partial charge on any atom is 0.328 e. The van der Waals surface area contributed by atoms with E-state index in [1.807, 2.05) is 20.8 Å². The number of nitrogens with zero attached hydrogens (tertiary/aromatic N) is 3. The van der Waals surface area contributed by atoms with Crippen molar-refractivity contribution in [2.24, 2.45) is 0 Å². The Hall–Kier alpha value is -2.28. The van der Waals surface area contributed by atoms with E-state index in [-0.39, 0.29) is 18.2 Å². The Bertz CT molecular complexity index is 653. The number of aliphatic carboxylic acids is 2. The van der Waals surface area contributed by atoms with Crippen molar-refractivity contribution in [3.8, 4) is 5.88 Å². The van der Waals surface area contributed by atoms with Gasteiger partial charge in [-0.3, -0.25) is 0 Å². The number of rotatable bonds is 8. The van der Waals surface area contributed by atoms with Crippen LogP contribution in [-0.4, -0.2) is 81.0 Å². The van der Waals surface area contributed by atoms with Gasteiger partial charge in [-0.1, -0.05) is 0 Å². The van der Waals surface area contributed by atoms with Gasteiger partial charge in [-0.05, 0) is 20.8 Å². The zero-order valence-electron chi connectivity index (χ0n) is 16.6. The zero-order chi connectivity index (χ0) is 21.9. The monoisotopic (exact) mass is 431 g/mol. The predicted molar refractivity (Wildman–Crippen MR) is 106 cm³/mol. The number of aliphatic hydroxyl groups is 1. The van der Waals surface area contributed by atoms with Gasteiger partial charge in [0.1, 0.15) is 12.7 Å². The van der Waals surface area contributed by atoms with Crippen LogP contribution in [0.5, 0.6) is 5.88 Å². The summed E-state index contributed by atoms with van der Waals surface area (Å²) in [5, 5.41) is 28.7. The minimum absolute atomic E-state index is 0.0465. The van der Waals surface area contributed by atoms with Gasteiger partial charge < -0.3 is 35.0 Å². The van der Waals surface area contributed by atoms with Crippen molar-refractivity contribution in [2.45, 2.75) is 26.3 Å². The van der Waals surface area contributed by atoms with Crippen LogP contribution in [0, 0.1) is 6.10 Å². The van der Waals surface area contributed by atoms with Crippen LogP contribution < -0.4 is 15.0 Å². The number of morpholine rings is 1. The van der Waals surface area contributed by atoms with Crippen LogP contribution in [0.2, 0.25) is 0 Å². The van der Waals surface area contributed by atoms with Gasteiger partial charge in [0.05, 0.1) is 24.9 Å². The molecular formula is C17H27N4O7S. The van der Waals surface area contributed by atoms with Crippen LogP contribution in [0.4, 0.5) is 5.82 Å². The van der Waals surface area contributed by atoms with Crippen LogP contribution in [0.15, 0.2) is 12.2 Å². The second-order valence-electron chi connectivity index (χ2n) is 6.96. The predicted octanol–water partition coefficient (Wildman–Crippen LogP) is 0.758. The summed E-state index contributed by atoms with van der Waals surface area (Å²) in [4.78, 5) is 21.2. The Balaban J connectivity index is 0.000000447. The number of anilines is 1. The highest BCUT2D eigenvalue weighted by molar-refractivity contribution is 6.99. The molecule has 1 radical (unpaired) electrons. The molecule has 1 aliphatic rings. The number of carboxylic acids is 2. The lowest BCUT2D eigenvalue weighted by molar-refractivity contribution is -0.134. The second-order valence-corrected chi connectivity index (χ2v) is 7.49. The average Bonchev–Trinajstić information content (AvgIpc) is 3.12. The lowest BCUT2D eigenvalue weighted by Crippen LogP contribution is -2.39. The van der Waals surface area contributed by atoms with E-state index in [0.29, 0.717) is 37.8 Å². The summed E-state index contributed by atoms with van der Waals surface area (Å²) >= 11 is 1.12. The molecule has 0 bridgehead atoms. The van der Waals surface area contributed by atoms with Crippen LogP contribution in [-0.2, 0) is 14.3 Å². The fraction of sp³-hybridized carbons (Fsp3) is 0.588. The molecule has 11 nitrogen and oxygen atoms in total. The summed E-state index contributed by atoms with van der Waals surface area (Å²) in [6, 6.07) is 0. The van der Waals surface area contributed by atoms with Gasteiger partial charge in [-0.25, -0.2) is 9.59 Å². The first kappa shape index (κ1) is 24.8. The second kappa shape index (κ2) is 12.3. The lowest BCUT2D eigenvalue weighted by Gasteiger charge is -2.27. The third-order valence-corrected chi connectivity index (χ3v) is 3.82. The third-order valence-electron chi connectivity index (χ3n) is 3.32. The molecule has 0 amide bonds. The minimum Gasteiger partial charge on any atom is -0.478 e. The molecule has 1 saturated heterocycles. The van der Waals surface area contributed by atoms with E-state index in [0.717, 1.165) is 30.6 Å². The smallest absolute Gasteiger partial charge is 0.328 e. The topological polar surface area (TPSA) is 154 Å². The highest BCUT2D eigenvalue weighted by atomic mass is 32.1. The number of aliphatic hydroxyl groups excluding tert-OH is 1. The largest absolute Gasteiger partial charge is 0.478 e. The van der Waals surface area contributed by atoms with Gasteiger partial charge in [-0.2, -0.15) is 4.37 Å². The van der Waals surface area contributed by atoms with Gasteiger partial charge in [0.25, 0.3) is 5.88 Å². The SMILES string of the molecule is CC(C)(C)NC[C](O)COc1nsnc1N1CCOCC1.O=C(O)/C=C\C(=O)O. The molecule has 1 aromatic rings. The molecule has 29 heavy (non-hydrogen) atoms. The number of carboxylic acid groups (broad SMARTS) is 2. The molecule has 163 valence electrons. The quantitative estimate of drug-likeness (QED) is 0.431. The summed E-state index contributed by atoms with van der Waals surface area (Å²) in [7, 11) is 0. The summed E-state index contributed by atoms with van der Waals surface area (Å²) in [6.07, 6.45) is 1.36. The molecule has 2 heterocycles. The fourth-order valence-electron chi connectivity index (χ4n) is 1.95. The average molecular weight is 431 g/mol. The van der Waals surface area contributed by atoms with Crippen LogP contribution in [0.25, 0.3) is 0 Å². The van der Waals surface area contributed by atoms with Crippen LogP contribution >= 0.6 is 11.7 Å². The normalized spacial score (nSPS) is 14.6. The Morgan fingerprint density at radius 3 is 2.28 bits per heavy atom. The van der Waals surface area contributed by atoms with Crippen molar-refractivity contribution < 1.29 is 34.4 Å². The van der Waals surface area contributed by atoms with Crippen molar-refractivity contribution in [1.82, 2.24) is 14.1 Å². The first-order valence-corrected chi connectivity index (χ1v) is 9.52. The first-order chi connectivity index (χ1) is 13.6. The molecule has 0 aromatic carbocycles. The maximum absolute atomic E-state index is 9.86. The molecule has 0 spiro atoms. The summed E-state index contributed by atoms with van der Waals surface area (Å²) in [5.74, 6) is -1.30. The van der Waals surface area contributed by atoms with Crippen molar-refractivity contribution in [2.75, 3.05) is 44.4 Å². The molecule has 0 unspecified atom stereocenters. The van der Waals surface area contributed by atoms with Crippen LogP contribution in [0.1, 0.15) is 20.8 Å². The Labute approximate surface area is 173 Å². The summed E-state index contributed by atoms with van der Waals surface area (Å²) in [6.45, 7) is 9.58. The standard InChI is InChI=1S/C13H23N4O3S.C4H4O4/c1-13(2,3)14-8-10(18)9-20-12-11(15-21-16-12)17-4-6-19-7-5-17;5-3(6)1-2-4(7)8/h14,18H,4-9H2,1-3H3;1-2H,(H,5,6)(H,7,8)/b;2-1-. The highest BCUT2D eigenvalue weighted by Crippen LogP contribution is 2.26. The van der Waals surface area contributed by atoms with E-state index >= 15 is 0 Å². The van der Waals surface area contributed by atoms with Gasteiger partial charge in [0.2, 0.25) is 5.82 Å². The molecule has 1 aromatic heterocycles. The molecule has 1 fully saturated rings. The molecule has 1 aliphatic heterocycles. The third kappa shape index (κ3) is 11.3. The molecule has 0 aliphatic carbocycles. The number of nitrogens with one attached hydrogen (secondary N) is 1. The van der Waals surface area contributed by atoms with E-state index < -0.39 is 11.9 Å². The van der Waals surface area contributed by atoms with Crippen molar-refractivity contribution >= 4 is 29.5 Å². The number of aromatic nitrogens is 2. The van der Waals surface area contributed by atoms with Crippen molar-refractivity contribution in [1.29, 1.82) is 0 Å². The fourth-order valence-corrected chi connectivity index (χ4v) is 2.47.